The first kappa shape index (κ1) is 18.2. The molecule has 2 aromatic carbocycles. The van der Waals surface area contributed by atoms with Crippen LogP contribution in [0.4, 0.5) is 5.69 Å². The largest absolute Gasteiger partial charge is 0.378 e. The second-order valence-electron chi connectivity index (χ2n) is 6.76. The number of aromatic nitrogens is 1. The van der Waals surface area contributed by atoms with Crippen LogP contribution in [0.1, 0.15) is 15.9 Å². The summed E-state index contributed by atoms with van der Waals surface area (Å²) in [5.74, 6) is -0.644. The number of rotatable bonds is 4. The van der Waals surface area contributed by atoms with E-state index < -0.39 is 5.91 Å². The molecule has 7 nitrogen and oxygen atoms in total. The lowest BCUT2D eigenvalue weighted by atomic mass is 10.1. The number of benzene rings is 2. The first-order valence-electron chi connectivity index (χ1n) is 9.15. The Kier molecular flexibility index (Phi) is 5.10. The summed E-state index contributed by atoms with van der Waals surface area (Å²) in [7, 11) is 0. The number of amides is 1. The van der Waals surface area contributed by atoms with Gasteiger partial charge in [-0.3, -0.25) is 14.8 Å². The third-order valence-electron chi connectivity index (χ3n) is 4.98. The summed E-state index contributed by atoms with van der Waals surface area (Å²) >= 11 is 0. The van der Waals surface area contributed by atoms with E-state index in [1.807, 2.05) is 18.2 Å². The molecule has 7 heteroatoms. The number of carbonyl (C=O) groups is 1. The van der Waals surface area contributed by atoms with E-state index in [4.69, 9.17) is 9.94 Å². The van der Waals surface area contributed by atoms with Crippen LogP contribution < -0.4 is 15.9 Å². The lowest BCUT2D eigenvalue weighted by molar-refractivity contribution is 0.0706. The van der Waals surface area contributed by atoms with Crippen LogP contribution in [-0.2, 0) is 11.3 Å². The minimum atomic E-state index is -0.644. The SMILES string of the molecule is O=C(NO)c1ccc2ccn(Cc3cccc(N4CCOCC4)c3)c(=O)c2c1. The topological polar surface area (TPSA) is 83.8 Å². The van der Waals surface area contributed by atoms with Crippen molar-refractivity contribution in [2.75, 3.05) is 31.2 Å². The number of fused-ring (bicyclic) bond motifs is 1. The van der Waals surface area contributed by atoms with Gasteiger partial charge in [-0.1, -0.05) is 18.2 Å². The van der Waals surface area contributed by atoms with Crippen molar-refractivity contribution < 1.29 is 14.7 Å². The summed E-state index contributed by atoms with van der Waals surface area (Å²) < 4.78 is 7.03. The maximum absolute atomic E-state index is 12.9. The van der Waals surface area contributed by atoms with Gasteiger partial charge in [0, 0.05) is 35.9 Å². The van der Waals surface area contributed by atoms with Gasteiger partial charge in [0.1, 0.15) is 0 Å². The van der Waals surface area contributed by atoms with Crippen LogP contribution in [0.5, 0.6) is 0 Å². The molecule has 1 fully saturated rings. The van der Waals surface area contributed by atoms with E-state index in [0.29, 0.717) is 11.9 Å². The third kappa shape index (κ3) is 3.62. The molecule has 1 saturated heterocycles. The minimum absolute atomic E-state index is 0.179. The predicted octanol–water partition coefficient (Wildman–Crippen LogP) is 2.01. The molecular formula is C21H21N3O4. The van der Waals surface area contributed by atoms with Crippen LogP contribution in [0.2, 0.25) is 0 Å². The number of nitrogens with zero attached hydrogens (tertiary/aromatic N) is 2. The van der Waals surface area contributed by atoms with E-state index in [2.05, 4.69) is 17.0 Å². The summed E-state index contributed by atoms with van der Waals surface area (Å²) in [6, 6.07) is 14.8. The average Bonchev–Trinajstić information content (AvgIpc) is 2.76. The number of hydrogen-bond donors (Lipinski definition) is 2. The van der Waals surface area contributed by atoms with Crippen LogP contribution in [0.25, 0.3) is 10.8 Å². The van der Waals surface area contributed by atoms with Gasteiger partial charge < -0.3 is 14.2 Å². The fourth-order valence-corrected chi connectivity index (χ4v) is 3.48. The summed E-state index contributed by atoms with van der Waals surface area (Å²) in [4.78, 5) is 26.8. The summed E-state index contributed by atoms with van der Waals surface area (Å²) in [6.07, 6.45) is 1.76. The van der Waals surface area contributed by atoms with E-state index in [9.17, 15) is 9.59 Å². The summed E-state index contributed by atoms with van der Waals surface area (Å²) in [5, 5.41) is 10.0. The Morgan fingerprint density at radius 3 is 2.71 bits per heavy atom. The Balaban J connectivity index is 1.65. The van der Waals surface area contributed by atoms with Gasteiger partial charge in [-0.05, 0) is 41.3 Å². The Morgan fingerprint density at radius 2 is 1.93 bits per heavy atom. The molecule has 0 atom stereocenters. The fraction of sp³-hybridized carbons (Fsp3) is 0.238. The average molecular weight is 379 g/mol. The standard InChI is InChI=1S/C21H21N3O4/c25-20(22-27)17-5-4-16-6-7-24(21(26)19(16)13-17)14-15-2-1-3-18(12-15)23-8-10-28-11-9-23/h1-7,12-13,27H,8-11,14H2,(H,22,25). The Morgan fingerprint density at radius 1 is 1.11 bits per heavy atom. The highest BCUT2D eigenvalue weighted by atomic mass is 16.5. The third-order valence-corrected chi connectivity index (χ3v) is 4.98. The molecule has 1 aliphatic rings. The molecule has 28 heavy (non-hydrogen) atoms. The zero-order valence-electron chi connectivity index (χ0n) is 15.3. The number of hydroxylamine groups is 1. The zero-order valence-corrected chi connectivity index (χ0v) is 15.3. The second-order valence-corrected chi connectivity index (χ2v) is 6.76. The van der Waals surface area contributed by atoms with Crippen molar-refractivity contribution in [3.63, 3.8) is 0 Å². The van der Waals surface area contributed by atoms with Crippen molar-refractivity contribution in [1.29, 1.82) is 0 Å². The van der Waals surface area contributed by atoms with Gasteiger partial charge in [0.05, 0.1) is 19.8 Å². The van der Waals surface area contributed by atoms with Crippen molar-refractivity contribution >= 4 is 22.4 Å². The highest BCUT2D eigenvalue weighted by Crippen LogP contribution is 2.19. The molecule has 0 unspecified atom stereocenters. The molecule has 2 N–H and O–H groups in total. The normalized spacial score (nSPS) is 14.2. The molecule has 0 saturated carbocycles. The Bertz CT molecular complexity index is 1070. The van der Waals surface area contributed by atoms with Gasteiger partial charge >= 0.3 is 0 Å². The number of hydrogen-bond acceptors (Lipinski definition) is 5. The van der Waals surface area contributed by atoms with Crippen LogP contribution in [0.3, 0.4) is 0 Å². The van der Waals surface area contributed by atoms with Gasteiger partial charge in [-0.15, -0.1) is 0 Å². The molecule has 2 heterocycles. The summed E-state index contributed by atoms with van der Waals surface area (Å²) in [6.45, 7) is 3.59. The van der Waals surface area contributed by atoms with Gasteiger partial charge in [-0.2, -0.15) is 0 Å². The van der Waals surface area contributed by atoms with Gasteiger partial charge in [0.15, 0.2) is 0 Å². The van der Waals surface area contributed by atoms with Crippen LogP contribution in [0, 0.1) is 0 Å². The van der Waals surface area contributed by atoms with Crippen LogP contribution in [-0.4, -0.2) is 42.0 Å². The molecular weight excluding hydrogens is 358 g/mol. The first-order chi connectivity index (χ1) is 13.7. The summed E-state index contributed by atoms with van der Waals surface area (Å²) in [5.41, 5.74) is 3.80. The molecule has 1 amide bonds. The zero-order chi connectivity index (χ0) is 19.5. The lowest BCUT2D eigenvalue weighted by Gasteiger charge is -2.29. The molecule has 144 valence electrons. The van der Waals surface area contributed by atoms with E-state index in [0.717, 1.165) is 42.9 Å². The van der Waals surface area contributed by atoms with Crippen molar-refractivity contribution in [2.45, 2.75) is 6.54 Å². The van der Waals surface area contributed by atoms with Gasteiger partial charge in [0.2, 0.25) is 0 Å². The van der Waals surface area contributed by atoms with Crippen molar-refractivity contribution in [2.24, 2.45) is 0 Å². The van der Waals surface area contributed by atoms with Gasteiger partial charge in [-0.25, -0.2) is 5.48 Å². The van der Waals surface area contributed by atoms with E-state index in [1.54, 1.807) is 28.4 Å². The highest BCUT2D eigenvalue weighted by Gasteiger charge is 2.12. The first-order valence-corrected chi connectivity index (χ1v) is 9.15. The maximum Gasteiger partial charge on any atom is 0.274 e. The van der Waals surface area contributed by atoms with Crippen molar-refractivity contribution in [1.82, 2.24) is 10.0 Å². The molecule has 3 aromatic rings. The van der Waals surface area contributed by atoms with Crippen LogP contribution in [0.15, 0.2) is 59.5 Å². The molecule has 1 aromatic heterocycles. The minimum Gasteiger partial charge on any atom is -0.378 e. The number of carbonyl (C=O) groups excluding carboxylic acids is 1. The van der Waals surface area contributed by atoms with E-state index >= 15 is 0 Å². The number of anilines is 1. The van der Waals surface area contributed by atoms with Gasteiger partial charge in [0.25, 0.3) is 11.5 Å². The molecule has 0 radical (unpaired) electrons. The molecule has 0 spiro atoms. The smallest absolute Gasteiger partial charge is 0.274 e. The Hall–Kier alpha value is -3.16. The number of morpholine rings is 1. The van der Waals surface area contributed by atoms with E-state index in [1.165, 1.54) is 6.07 Å². The Labute approximate surface area is 161 Å². The quantitative estimate of drug-likeness (QED) is 0.535. The van der Waals surface area contributed by atoms with Crippen molar-refractivity contribution in [3.8, 4) is 0 Å². The van der Waals surface area contributed by atoms with Crippen LogP contribution >= 0.6 is 0 Å². The number of ether oxygens (including phenoxy) is 1. The van der Waals surface area contributed by atoms with E-state index in [-0.39, 0.29) is 11.1 Å². The lowest BCUT2D eigenvalue weighted by Crippen LogP contribution is -2.36. The number of pyridine rings is 1. The highest BCUT2D eigenvalue weighted by molar-refractivity contribution is 5.97. The molecule has 4 rings (SSSR count). The number of nitrogens with one attached hydrogen (secondary N) is 1. The fourth-order valence-electron chi connectivity index (χ4n) is 3.48. The monoisotopic (exact) mass is 379 g/mol. The molecule has 0 aliphatic carbocycles. The second kappa shape index (κ2) is 7.84. The van der Waals surface area contributed by atoms with Crippen molar-refractivity contribution in [3.05, 3.63) is 76.2 Å². The maximum atomic E-state index is 12.9. The molecule has 0 bridgehead atoms. The predicted molar refractivity (Wildman–Crippen MR) is 106 cm³/mol. The molecule has 1 aliphatic heterocycles.